The number of hydrogen-bond donors (Lipinski definition) is 1. The maximum Gasteiger partial charge on any atom is 0.0453 e. The first-order chi connectivity index (χ1) is 9.24. The molecule has 1 aliphatic rings. The molecule has 0 radical (unpaired) electrons. The van der Waals surface area contributed by atoms with Crippen LogP contribution < -0.4 is 5.32 Å². The van der Waals surface area contributed by atoms with Crippen molar-refractivity contribution >= 4 is 11.6 Å². The minimum absolute atomic E-state index is 0.349. The van der Waals surface area contributed by atoms with Gasteiger partial charge < -0.3 is 10.2 Å². The largest absolute Gasteiger partial charge is 0.313 e. The molecule has 19 heavy (non-hydrogen) atoms. The summed E-state index contributed by atoms with van der Waals surface area (Å²) in [5.41, 5.74) is 1.22. The second kappa shape index (κ2) is 7.28. The summed E-state index contributed by atoms with van der Waals surface area (Å²) in [7, 11) is 2.02. The maximum atomic E-state index is 6.29. The average Bonchev–Trinajstić information content (AvgIpc) is 3.23. The normalized spacial score (nSPS) is 16.8. The topological polar surface area (TPSA) is 15.3 Å². The molecule has 3 heteroatoms. The molecule has 1 N–H and O–H groups in total. The summed E-state index contributed by atoms with van der Waals surface area (Å²) in [4.78, 5) is 2.57. The molecule has 106 valence electrons. The van der Waals surface area contributed by atoms with Gasteiger partial charge in [0.15, 0.2) is 0 Å². The van der Waals surface area contributed by atoms with Gasteiger partial charge in [0.05, 0.1) is 0 Å². The molecule has 0 aliphatic heterocycles. The number of rotatable bonds is 8. The Morgan fingerprint density at radius 3 is 2.68 bits per heavy atom. The van der Waals surface area contributed by atoms with Crippen molar-refractivity contribution in [3.8, 4) is 0 Å². The molecule has 1 fully saturated rings. The molecule has 0 aromatic heterocycles. The van der Waals surface area contributed by atoms with Crippen molar-refractivity contribution < 1.29 is 0 Å². The van der Waals surface area contributed by atoms with Crippen LogP contribution in [0.25, 0.3) is 0 Å². The van der Waals surface area contributed by atoms with Crippen molar-refractivity contribution in [2.75, 3.05) is 26.7 Å². The van der Waals surface area contributed by atoms with Gasteiger partial charge in [0, 0.05) is 17.6 Å². The standard InChI is InChI=1S/C16H25ClN2/c1-3-19(12-13-8-9-13)11-10-16(18-2)14-6-4-5-7-15(14)17/h4-7,13,16,18H,3,8-12H2,1-2H3. The number of nitrogens with zero attached hydrogens (tertiary/aromatic N) is 1. The lowest BCUT2D eigenvalue weighted by Gasteiger charge is -2.24. The van der Waals surface area contributed by atoms with E-state index in [1.165, 1.54) is 24.9 Å². The Morgan fingerprint density at radius 1 is 1.37 bits per heavy atom. The molecule has 2 nitrogen and oxygen atoms in total. The first-order valence-corrected chi connectivity index (χ1v) is 7.76. The summed E-state index contributed by atoms with van der Waals surface area (Å²) in [5.74, 6) is 0.966. The molecule has 1 aromatic rings. The molecular weight excluding hydrogens is 256 g/mol. The third kappa shape index (κ3) is 4.48. The van der Waals surface area contributed by atoms with Gasteiger partial charge in [-0.1, -0.05) is 36.7 Å². The monoisotopic (exact) mass is 280 g/mol. The summed E-state index contributed by atoms with van der Waals surface area (Å²) in [6, 6.07) is 8.50. The van der Waals surface area contributed by atoms with Crippen molar-refractivity contribution in [2.24, 2.45) is 5.92 Å². The van der Waals surface area contributed by atoms with E-state index in [4.69, 9.17) is 11.6 Å². The fourth-order valence-electron chi connectivity index (χ4n) is 2.57. The Hall–Kier alpha value is -0.570. The molecule has 0 saturated heterocycles. The molecule has 0 amide bonds. The van der Waals surface area contributed by atoms with Crippen LogP contribution in [0.15, 0.2) is 24.3 Å². The van der Waals surface area contributed by atoms with Gasteiger partial charge in [0.1, 0.15) is 0 Å². The van der Waals surface area contributed by atoms with E-state index in [-0.39, 0.29) is 0 Å². The summed E-state index contributed by atoms with van der Waals surface area (Å²) < 4.78 is 0. The van der Waals surface area contributed by atoms with Crippen LogP contribution in [-0.4, -0.2) is 31.6 Å². The minimum atomic E-state index is 0.349. The quantitative estimate of drug-likeness (QED) is 0.781. The van der Waals surface area contributed by atoms with Crippen molar-refractivity contribution in [2.45, 2.75) is 32.2 Å². The van der Waals surface area contributed by atoms with E-state index in [0.717, 1.165) is 30.5 Å². The first-order valence-electron chi connectivity index (χ1n) is 7.38. The van der Waals surface area contributed by atoms with E-state index in [9.17, 15) is 0 Å². The second-order valence-corrected chi connectivity index (χ2v) is 5.90. The van der Waals surface area contributed by atoms with Crippen LogP contribution in [0, 0.1) is 5.92 Å². The van der Waals surface area contributed by atoms with Crippen LogP contribution in [0.5, 0.6) is 0 Å². The van der Waals surface area contributed by atoms with Gasteiger partial charge in [-0.05, 0) is 56.9 Å². The van der Waals surface area contributed by atoms with Gasteiger partial charge in [0.2, 0.25) is 0 Å². The van der Waals surface area contributed by atoms with E-state index in [0.29, 0.717) is 6.04 Å². The molecule has 2 rings (SSSR count). The Bertz CT molecular complexity index is 390. The third-order valence-corrected chi connectivity index (χ3v) is 4.37. The molecule has 0 spiro atoms. The van der Waals surface area contributed by atoms with E-state index < -0.39 is 0 Å². The van der Waals surface area contributed by atoms with Gasteiger partial charge >= 0.3 is 0 Å². The fourth-order valence-corrected chi connectivity index (χ4v) is 2.84. The number of nitrogens with one attached hydrogen (secondary N) is 1. The maximum absolute atomic E-state index is 6.29. The van der Waals surface area contributed by atoms with Crippen molar-refractivity contribution in [1.82, 2.24) is 10.2 Å². The zero-order chi connectivity index (χ0) is 13.7. The van der Waals surface area contributed by atoms with E-state index in [1.807, 2.05) is 19.2 Å². The Labute approximate surface area is 122 Å². The van der Waals surface area contributed by atoms with Crippen molar-refractivity contribution in [3.05, 3.63) is 34.9 Å². The summed E-state index contributed by atoms with van der Waals surface area (Å²) in [6.45, 7) is 5.82. The van der Waals surface area contributed by atoms with Crippen molar-refractivity contribution in [3.63, 3.8) is 0 Å². The van der Waals surface area contributed by atoms with Crippen molar-refractivity contribution in [1.29, 1.82) is 0 Å². The molecule has 0 heterocycles. The summed E-state index contributed by atoms with van der Waals surface area (Å²) in [5, 5.41) is 4.26. The van der Waals surface area contributed by atoms with Crippen LogP contribution in [0.1, 0.15) is 37.8 Å². The average molecular weight is 281 g/mol. The van der Waals surface area contributed by atoms with Crippen LogP contribution in [0.4, 0.5) is 0 Å². The number of benzene rings is 1. The van der Waals surface area contributed by atoms with E-state index >= 15 is 0 Å². The predicted molar refractivity (Wildman–Crippen MR) is 82.7 cm³/mol. The molecule has 1 atom stereocenters. The SMILES string of the molecule is CCN(CCC(NC)c1ccccc1Cl)CC1CC1. The van der Waals surface area contributed by atoms with E-state index in [1.54, 1.807) is 0 Å². The molecule has 0 bridgehead atoms. The highest BCUT2D eigenvalue weighted by Crippen LogP contribution is 2.30. The highest BCUT2D eigenvalue weighted by Gasteiger charge is 2.24. The van der Waals surface area contributed by atoms with Crippen LogP contribution >= 0.6 is 11.6 Å². The Balaban J connectivity index is 1.89. The van der Waals surface area contributed by atoms with Gasteiger partial charge in [-0.15, -0.1) is 0 Å². The first kappa shape index (κ1) is 14.8. The molecule has 1 aromatic carbocycles. The molecular formula is C16H25ClN2. The zero-order valence-corrected chi connectivity index (χ0v) is 12.8. The predicted octanol–water partition coefficient (Wildman–Crippen LogP) is 3.72. The van der Waals surface area contributed by atoms with Crippen LogP contribution in [0.3, 0.4) is 0 Å². The Kier molecular flexibility index (Phi) is 5.68. The lowest BCUT2D eigenvalue weighted by molar-refractivity contribution is 0.261. The molecule has 1 unspecified atom stereocenters. The number of halogens is 1. The molecule has 1 saturated carbocycles. The minimum Gasteiger partial charge on any atom is -0.313 e. The third-order valence-electron chi connectivity index (χ3n) is 4.02. The zero-order valence-electron chi connectivity index (χ0n) is 12.0. The molecule has 1 aliphatic carbocycles. The van der Waals surface area contributed by atoms with Gasteiger partial charge in [-0.2, -0.15) is 0 Å². The Morgan fingerprint density at radius 2 is 2.11 bits per heavy atom. The summed E-state index contributed by atoms with van der Waals surface area (Å²) >= 11 is 6.29. The van der Waals surface area contributed by atoms with Crippen LogP contribution in [-0.2, 0) is 0 Å². The fraction of sp³-hybridized carbons (Fsp3) is 0.625. The number of hydrogen-bond acceptors (Lipinski definition) is 2. The highest BCUT2D eigenvalue weighted by atomic mass is 35.5. The lowest BCUT2D eigenvalue weighted by atomic mass is 10.0. The van der Waals surface area contributed by atoms with Gasteiger partial charge in [-0.3, -0.25) is 0 Å². The lowest BCUT2D eigenvalue weighted by Crippen LogP contribution is -2.30. The highest BCUT2D eigenvalue weighted by molar-refractivity contribution is 6.31. The van der Waals surface area contributed by atoms with Gasteiger partial charge in [0.25, 0.3) is 0 Å². The summed E-state index contributed by atoms with van der Waals surface area (Å²) in [6.07, 6.45) is 3.97. The smallest absolute Gasteiger partial charge is 0.0453 e. The van der Waals surface area contributed by atoms with Crippen LogP contribution in [0.2, 0.25) is 5.02 Å². The van der Waals surface area contributed by atoms with E-state index in [2.05, 4.69) is 29.3 Å². The van der Waals surface area contributed by atoms with Gasteiger partial charge in [-0.25, -0.2) is 0 Å². The second-order valence-electron chi connectivity index (χ2n) is 5.49.